The van der Waals surface area contributed by atoms with Gasteiger partial charge in [-0.25, -0.2) is 0 Å². The maximum atomic E-state index is 11.8. The van der Waals surface area contributed by atoms with Crippen molar-refractivity contribution in [2.24, 2.45) is 5.92 Å². The standard InChI is InChI=1S/C11H9BrClNO/c1-2-7(6-14)11(15)8-3-9(12)5-10(13)4-8/h3-5,7H,2H2,1H3. The molecule has 15 heavy (non-hydrogen) atoms. The summed E-state index contributed by atoms with van der Waals surface area (Å²) in [5, 5.41) is 9.27. The van der Waals surface area contributed by atoms with E-state index in [1.807, 2.05) is 13.0 Å². The first-order valence-corrected chi connectivity index (χ1v) is 5.65. The van der Waals surface area contributed by atoms with E-state index in [2.05, 4.69) is 15.9 Å². The van der Waals surface area contributed by atoms with Gasteiger partial charge in [-0.2, -0.15) is 5.26 Å². The van der Waals surface area contributed by atoms with Gasteiger partial charge < -0.3 is 0 Å². The van der Waals surface area contributed by atoms with Gasteiger partial charge >= 0.3 is 0 Å². The first kappa shape index (κ1) is 12.2. The number of carbonyl (C=O) groups excluding carboxylic acids is 1. The summed E-state index contributed by atoms with van der Waals surface area (Å²) in [7, 11) is 0. The third-order valence-electron chi connectivity index (χ3n) is 2.03. The molecular formula is C11H9BrClNO. The van der Waals surface area contributed by atoms with Crippen molar-refractivity contribution < 1.29 is 4.79 Å². The Morgan fingerprint density at radius 3 is 2.73 bits per heavy atom. The molecule has 0 spiro atoms. The van der Waals surface area contributed by atoms with E-state index in [0.29, 0.717) is 17.0 Å². The summed E-state index contributed by atoms with van der Waals surface area (Å²) in [6.45, 7) is 1.81. The fourth-order valence-corrected chi connectivity index (χ4v) is 2.09. The Balaban J connectivity index is 3.06. The van der Waals surface area contributed by atoms with Crippen molar-refractivity contribution in [2.45, 2.75) is 13.3 Å². The molecular weight excluding hydrogens is 277 g/mol. The highest BCUT2D eigenvalue weighted by Crippen LogP contribution is 2.22. The Morgan fingerprint density at radius 1 is 1.60 bits per heavy atom. The van der Waals surface area contributed by atoms with Gasteiger partial charge in [-0.3, -0.25) is 4.79 Å². The van der Waals surface area contributed by atoms with Crippen LogP contribution in [0.4, 0.5) is 0 Å². The van der Waals surface area contributed by atoms with Crippen molar-refractivity contribution in [3.63, 3.8) is 0 Å². The van der Waals surface area contributed by atoms with Crippen molar-refractivity contribution in [2.75, 3.05) is 0 Å². The molecule has 0 bridgehead atoms. The van der Waals surface area contributed by atoms with Crippen LogP contribution in [0.15, 0.2) is 22.7 Å². The minimum Gasteiger partial charge on any atom is -0.293 e. The van der Waals surface area contributed by atoms with Gasteiger partial charge in [0.2, 0.25) is 0 Å². The number of rotatable bonds is 3. The van der Waals surface area contributed by atoms with Crippen LogP contribution in [-0.4, -0.2) is 5.78 Å². The second-order valence-electron chi connectivity index (χ2n) is 3.11. The summed E-state index contributed by atoms with van der Waals surface area (Å²) < 4.78 is 0.742. The molecule has 0 aromatic heterocycles. The number of carbonyl (C=O) groups is 1. The van der Waals surface area contributed by atoms with E-state index in [0.717, 1.165) is 4.47 Å². The molecule has 0 amide bonds. The van der Waals surface area contributed by atoms with Crippen LogP contribution >= 0.6 is 27.5 Å². The number of hydrogen-bond acceptors (Lipinski definition) is 2. The van der Waals surface area contributed by atoms with Crippen molar-refractivity contribution in [1.82, 2.24) is 0 Å². The van der Waals surface area contributed by atoms with Crippen LogP contribution in [-0.2, 0) is 0 Å². The lowest BCUT2D eigenvalue weighted by molar-refractivity contribution is 0.0946. The van der Waals surface area contributed by atoms with Crippen LogP contribution < -0.4 is 0 Å². The predicted octanol–water partition coefficient (Wildman–Crippen LogP) is 3.83. The molecule has 4 heteroatoms. The van der Waals surface area contributed by atoms with Gasteiger partial charge in [0.25, 0.3) is 0 Å². The largest absolute Gasteiger partial charge is 0.293 e. The molecule has 78 valence electrons. The van der Waals surface area contributed by atoms with Gasteiger partial charge in [-0.1, -0.05) is 34.5 Å². The third-order valence-corrected chi connectivity index (χ3v) is 2.70. The number of halogens is 2. The average molecular weight is 287 g/mol. The van der Waals surface area contributed by atoms with Gasteiger partial charge in [0.1, 0.15) is 5.92 Å². The molecule has 0 saturated heterocycles. The molecule has 1 aromatic carbocycles. The van der Waals surface area contributed by atoms with Crippen molar-refractivity contribution in [1.29, 1.82) is 5.26 Å². The topological polar surface area (TPSA) is 40.9 Å². The molecule has 2 nitrogen and oxygen atoms in total. The molecule has 0 fully saturated rings. The van der Waals surface area contributed by atoms with E-state index < -0.39 is 5.92 Å². The van der Waals surface area contributed by atoms with Crippen LogP contribution in [0.2, 0.25) is 5.02 Å². The first-order chi connectivity index (χ1) is 7.08. The van der Waals surface area contributed by atoms with Crippen molar-refractivity contribution in [3.8, 4) is 6.07 Å². The fourth-order valence-electron chi connectivity index (χ4n) is 1.23. The Kier molecular flexibility index (Phi) is 4.31. The Morgan fingerprint density at radius 2 is 2.27 bits per heavy atom. The predicted molar refractivity (Wildman–Crippen MR) is 62.9 cm³/mol. The number of Topliss-reactive ketones (excluding diaryl/α,β-unsaturated/α-hetero) is 1. The Hall–Kier alpha value is -0.850. The van der Waals surface area contributed by atoms with Crippen LogP contribution in [0, 0.1) is 17.2 Å². The molecule has 1 rings (SSSR count). The van der Waals surface area contributed by atoms with Crippen LogP contribution in [0.5, 0.6) is 0 Å². The van der Waals surface area contributed by atoms with Gasteiger partial charge in [0.15, 0.2) is 5.78 Å². The zero-order valence-corrected chi connectivity index (χ0v) is 10.5. The van der Waals surface area contributed by atoms with E-state index in [1.54, 1.807) is 18.2 Å². The lowest BCUT2D eigenvalue weighted by atomic mass is 9.97. The smallest absolute Gasteiger partial charge is 0.180 e. The summed E-state index contributed by atoms with van der Waals surface area (Å²) >= 11 is 9.07. The molecule has 0 radical (unpaired) electrons. The van der Waals surface area contributed by atoms with E-state index in [-0.39, 0.29) is 5.78 Å². The van der Waals surface area contributed by atoms with Crippen LogP contribution in [0.25, 0.3) is 0 Å². The van der Waals surface area contributed by atoms with Crippen molar-refractivity contribution >= 4 is 33.3 Å². The SMILES string of the molecule is CCC(C#N)C(=O)c1cc(Cl)cc(Br)c1. The quantitative estimate of drug-likeness (QED) is 0.792. The summed E-state index contributed by atoms with van der Waals surface area (Å²) in [5.74, 6) is -0.765. The summed E-state index contributed by atoms with van der Waals surface area (Å²) in [4.78, 5) is 11.8. The van der Waals surface area contributed by atoms with Gasteiger partial charge in [-0.05, 0) is 24.6 Å². The molecule has 1 aromatic rings. The average Bonchev–Trinajstić information content (AvgIpc) is 2.18. The second-order valence-corrected chi connectivity index (χ2v) is 4.46. The molecule has 0 aliphatic heterocycles. The molecule has 1 atom stereocenters. The van der Waals surface area contributed by atoms with E-state index >= 15 is 0 Å². The number of hydrogen-bond donors (Lipinski definition) is 0. The zero-order valence-electron chi connectivity index (χ0n) is 8.13. The Bertz CT molecular complexity index is 405. The minimum atomic E-state index is -0.588. The molecule has 0 aliphatic carbocycles. The van der Waals surface area contributed by atoms with Gasteiger partial charge in [-0.15, -0.1) is 0 Å². The molecule has 0 aliphatic rings. The lowest BCUT2D eigenvalue weighted by Crippen LogP contribution is -2.11. The molecule has 1 unspecified atom stereocenters. The molecule has 0 saturated carbocycles. The molecule has 0 N–H and O–H groups in total. The molecule has 0 heterocycles. The highest BCUT2D eigenvalue weighted by atomic mass is 79.9. The third kappa shape index (κ3) is 3.05. The van der Waals surface area contributed by atoms with Crippen molar-refractivity contribution in [3.05, 3.63) is 33.3 Å². The lowest BCUT2D eigenvalue weighted by Gasteiger charge is -2.06. The zero-order chi connectivity index (χ0) is 11.4. The summed E-state index contributed by atoms with van der Waals surface area (Å²) in [6, 6.07) is 6.93. The van der Waals surface area contributed by atoms with E-state index in [4.69, 9.17) is 16.9 Å². The normalized spacial score (nSPS) is 11.9. The number of nitriles is 1. The highest BCUT2D eigenvalue weighted by Gasteiger charge is 2.18. The van der Waals surface area contributed by atoms with E-state index in [1.165, 1.54) is 0 Å². The van der Waals surface area contributed by atoms with Gasteiger partial charge in [0, 0.05) is 15.1 Å². The highest BCUT2D eigenvalue weighted by molar-refractivity contribution is 9.10. The fraction of sp³-hybridized carbons (Fsp3) is 0.273. The number of nitrogens with zero attached hydrogens (tertiary/aromatic N) is 1. The second kappa shape index (κ2) is 5.29. The minimum absolute atomic E-state index is 0.178. The summed E-state index contributed by atoms with van der Waals surface area (Å²) in [5.41, 5.74) is 0.475. The van der Waals surface area contributed by atoms with Crippen LogP contribution in [0.3, 0.4) is 0 Å². The first-order valence-electron chi connectivity index (χ1n) is 4.48. The van der Waals surface area contributed by atoms with Crippen LogP contribution in [0.1, 0.15) is 23.7 Å². The van der Waals surface area contributed by atoms with Gasteiger partial charge in [0.05, 0.1) is 6.07 Å². The maximum absolute atomic E-state index is 11.8. The van der Waals surface area contributed by atoms with E-state index in [9.17, 15) is 4.79 Å². The number of benzene rings is 1. The maximum Gasteiger partial charge on any atom is 0.180 e. The number of ketones is 1. The Labute approximate surface area is 102 Å². The summed E-state index contributed by atoms with van der Waals surface area (Å²) in [6.07, 6.45) is 0.513. The monoisotopic (exact) mass is 285 g/mol.